The van der Waals surface area contributed by atoms with Gasteiger partial charge < -0.3 is 5.73 Å². The van der Waals surface area contributed by atoms with Crippen molar-refractivity contribution in [3.63, 3.8) is 0 Å². The molecule has 0 amide bonds. The zero-order chi connectivity index (χ0) is 14.1. The summed E-state index contributed by atoms with van der Waals surface area (Å²) in [6.45, 7) is 4.79. The Labute approximate surface area is 118 Å². The largest absolute Gasteiger partial charge is 0.389 e. The Morgan fingerprint density at radius 2 is 1.94 bits per heavy atom. The van der Waals surface area contributed by atoms with Crippen LogP contribution in [0.3, 0.4) is 0 Å². The van der Waals surface area contributed by atoms with Crippen molar-refractivity contribution >= 4 is 44.5 Å². The molecule has 0 saturated heterocycles. The molecule has 4 nitrogen and oxygen atoms in total. The summed E-state index contributed by atoms with van der Waals surface area (Å²) < 4.78 is 25.7. The van der Waals surface area contributed by atoms with Crippen LogP contribution >= 0.6 is 23.8 Å². The van der Waals surface area contributed by atoms with E-state index < -0.39 is 14.8 Å². The molecule has 1 rings (SSSR count). The Morgan fingerprint density at radius 3 is 2.39 bits per heavy atom. The highest BCUT2D eigenvalue weighted by Crippen LogP contribution is 2.25. The molecule has 0 aromatic heterocycles. The van der Waals surface area contributed by atoms with Crippen LogP contribution in [0.5, 0.6) is 0 Å². The molecule has 1 aromatic carbocycles. The van der Waals surface area contributed by atoms with Gasteiger partial charge in [-0.15, -0.1) is 0 Å². The number of halogens is 1. The third-order valence-corrected chi connectivity index (χ3v) is 4.85. The van der Waals surface area contributed by atoms with E-state index in [1.54, 1.807) is 32.9 Å². The lowest BCUT2D eigenvalue weighted by atomic mass is 10.2. The molecule has 0 fully saturated rings. The van der Waals surface area contributed by atoms with Gasteiger partial charge in [-0.25, -0.2) is 8.42 Å². The van der Waals surface area contributed by atoms with E-state index in [0.717, 1.165) is 0 Å². The molecule has 0 heterocycles. The molecule has 18 heavy (non-hydrogen) atoms. The van der Waals surface area contributed by atoms with Gasteiger partial charge in [-0.05, 0) is 39.0 Å². The zero-order valence-electron chi connectivity index (χ0n) is 10.3. The fourth-order valence-corrected chi connectivity index (χ4v) is 2.23. The van der Waals surface area contributed by atoms with E-state index in [-0.39, 0.29) is 4.99 Å². The lowest BCUT2D eigenvalue weighted by molar-refractivity contribution is 0.566. The predicted octanol–water partition coefficient (Wildman–Crippen LogP) is 2.51. The standard InChI is InChI=1S/C11H15ClN2O2S2/c1-11(2,3)18(15,16)14-9-6-7(12)4-5-8(9)10(13)17/h4-6,14H,1-3H3,(H2,13,17). The molecule has 1 aromatic rings. The van der Waals surface area contributed by atoms with Crippen molar-refractivity contribution in [2.75, 3.05) is 4.72 Å². The van der Waals surface area contributed by atoms with Crippen molar-refractivity contribution in [1.82, 2.24) is 0 Å². The van der Waals surface area contributed by atoms with Crippen molar-refractivity contribution in [3.05, 3.63) is 28.8 Å². The smallest absolute Gasteiger partial charge is 0.237 e. The third-order valence-electron chi connectivity index (χ3n) is 2.30. The Hall–Kier alpha value is -0.850. The van der Waals surface area contributed by atoms with Crippen molar-refractivity contribution in [2.45, 2.75) is 25.5 Å². The van der Waals surface area contributed by atoms with Gasteiger partial charge in [0.25, 0.3) is 0 Å². The average molecular weight is 307 g/mol. The first-order chi connectivity index (χ1) is 8.04. The van der Waals surface area contributed by atoms with Gasteiger partial charge in [0.1, 0.15) is 4.99 Å². The zero-order valence-corrected chi connectivity index (χ0v) is 12.7. The van der Waals surface area contributed by atoms with E-state index in [0.29, 0.717) is 16.3 Å². The minimum absolute atomic E-state index is 0.110. The van der Waals surface area contributed by atoms with E-state index in [2.05, 4.69) is 4.72 Å². The first-order valence-electron chi connectivity index (χ1n) is 5.16. The van der Waals surface area contributed by atoms with E-state index in [1.165, 1.54) is 6.07 Å². The molecule has 0 aliphatic heterocycles. The number of nitrogens with one attached hydrogen (secondary N) is 1. The second-order valence-electron chi connectivity index (χ2n) is 4.77. The highest BCUT2D eigenvalue weighted by Gasteiger charge is 2.29. The number of benzene rings is 1. The lowest BCUT2D eigenvalue weighted by Crippen LogP contribution is -2.34. The second-order valence-corrected chi connectivity index (χ2v) is 8.08. The molecule has 7 heteroatoms. The van der Waals surface area contributed by atoms with Crippen molar-refractivity contribution in [2.24, 2.45) is 5.73 Å². The summed E-state index contributed by atoms with van der Waals surface area (Å²) in [5.41, 5.74) is 6.29. The van der Waals surface area contributed by atoms with E-state index >= 15 is 0 Å². The highest BCUT2D eigenvalue weighted by molar-refractivity contribution is 7.94. The van der Waals surface area contributed by atoms with Crippen LogP contribution in [0.15, 0.2) is 18.2 Å². The summed E-state index contributed by atoms with van der Waals surface area (Å²) in [5, 5.41) is 0.404. The van der Waals surface area contributed by atoms with Crippen LogP contribution in [0, 0.1) is 0 Å². The maximum Gasteiger partial charge on any atom is 0.237 e. The van der Waals surface area contributed by atoms with Gasteiger partial charge >= 0.3 is 0 Å². The first kappa shape index (κ1) is 15.2. The number of sulfonamides is 1. The Morgan fingerprint density at radius 1 is 1.39 bits per heavy atom. The summed E-state index contributed by atoms with van der Waals surface area (Å²) in [5.74, 6) is 0. The predicted molar refractivity (Wildman–Crippen MR) is 79.6 cm³/mol. The van der Waals surface area contributed by atoms with Crippen LogP contribution in [0.25, 0.3) is 0 Å². The maximum atomic E-state index is 12.1. The lowest BCUT2D eigenvalue weighted by Gasteiger charge is -2.21. The number of nitrogens with two attached hydrogens (primary N) is 1. The molecule has 0 unspecified atom stereocenters. The van der Waals surface area contributed by atoms with Gasteiger partial charge in [-0.3, -0.25) is 4.72 Å². The minimum atomic E-state index is -3.55. The van der Waals surface area contributed by atoms with E-state index in [4.69, 9.17) is 29.6 Å². The molecule has 0 aliphatic carbocycles. The Bertz CT molecular complexity index is 577. The Balaban J connectivity index is 3.27. The SMILES string of the molecule is CC(C)(C)S(=O)(=O)Nc1cc(Cl)ccc1C(N)=S. The molecule has 3 N–H and O–H groups in total. The fourth-order valence-electron chi connectivity index (χ4n) is 1.11. The molecule has 0 radical (unpaired) electrons. The monoisotopic (exact) mass is 306 g/mol. The van der Waals surface area contributed by atoms with Gasteiger partial charge in [0, 0.05) is 10.6 Å². The summed E-state index contributed by atoms with van der Waals surface area (Å²) >= 11 is 10.7. The molecule has 0 bridgehead atoms. The van der Waals surface area contributed by atoms with Crippen molar-refractivity contribution < 1.29 is 8.42 Å². The van der Waals surface area contributed by atoms with Gasteiger partial charge in [0.2, 0.25) is 10.0 Å². The van der Waals surface area contributed by atoms with Gasteiger partial charge in [0.15, 0.2) is 0 Å². The van der Waals surface area contributed by atoms with Gasteiger partial charge in [-0.2, -0.15) is 0 Å². The van der Waals surface area contributed by atoms with Crippen molar-refractivity contribution in [1.29, 1.82) is 0 Å². The average Bonchev–Trinajstić information content (AvgIpc) is 2.14. The fraction of sp³-hybridized carbons (Fsp3) is 0.364. The second kappa shape index (κ2) is 5.03. The summed E-state index contributed by atoms with van der Waals surface area (Å²) in [7, 11) is -3.55. The van der Waals surface area contributed by atoms with Crippen LogP contribution in [0.4, 0.5) is 5.69 Å². The third kappa shape index (κ3) is 3.34. The minimum Gasteiger partial charge on any atom is -0.389 e. The molecule has 0 spiro atoms. The van der Waals surface area contributed by atoms with Crippen molar-refractivity contribution in [3.8, 4) is 0 Å². The molecular formula is C11H15ClN2O2S2. The number of anilines is 1. The molecule has 0 saturated carbocycles. The van der Waals surface area contributed by atoms with Gasteiger partial charge in [0.05, 0.1) is 10.4 Å². The quantitative estimate of drug-likeness (QED) is 0.842. The van der Waals surface area contributed by atoms with Crippen LogP contribution in [0.1, 0.15) is 26.3 Å². The summed E-state index contributed by atoms with van der Waals surface area (Å²) in [6.07, 6.45) is 0. The first-order valence-corrected chi connectivity index (χ1v) is 7.43. The molecule has 0 atom stereocenters. The van der Waals surface area contributed by atoms with E-state index in [1.807, 2.05) is 0 Å². The Kier molecular flexibility index (Phi) is 4.25. The van der Waals surface area contributed by atoms with Gasteiger partial charge in [-0.1, -0.05) is 23.8 Å². The molecular weight excluding hydrogens is 292 g/mol. The normalized spacial score (nSPS) is 12.2. The number of rotatable bonds is 3. The molecule has 0 aliphatic rings. The van der Waals surface area contributed by atoms with Crippen LogP contribution in [-0.4, -0.2) is 18.2 Å². The summed E-state index contributed by atoms with van der Waals surface area (Å²) in [6, 6.07) is 4.68. The summed E-state index contributed by atoms with van der Waals surface area (Å²) in [4.78, 5) is 0.110. The molecule has 100 valence electrons. The van der Waals surface area contributed by atoms with Crippen LogP contribution in [-0.2, 0) is 10.0 Å². The highest BCUT2D eigenvalue weighted by atomic mass is 35.5. The number of thiocarbonyl (C=S) groups is 1. The maximum absolute atomic E-state index is 12.1. The van der Waals surface area contributed by atoms with Crippen LogP contribution < -0.4 is 10.5 Å². The topological polar surface area (TPSA) is 72.2 Å². The number of hydrogen-bond donors (Lipinski definition) is 2. The van der Waals surface area contributed by atoms with E-state index in [9.17, 15) is 8.42 Å². The number of hydrogen-bond acceptors (Lipinski definition) is 3. The van der Waals surface area contributed by atoms with Crippen LogP contribution in [0.2, 0.25) is 5.02 Å².